The lowest BCUT2D eigenvalue weighted by Gasteiger charge is -2.21. The summed E-state index contributed by atoms with van der Waals surface area (Å²) in [5, 5.41) is 10.7. The number of rotatable bonds is 6. The van der Waals surface area contributed by atoms with Crippen molar-refractivity contribution in [3.05, 3.63) is 35.9 Å². The fraction of sp³-hybridized carbons (Fsp3) is 0.438. The van der Waals surface area contributed by atoms with Gasteiger partial charge in [-0.3, -0.25) is 0 Å². The monoisotopic (exact) mass is 333 g/mol. The zero-order chi connectivity index (χ0) is 17.7. The second-order valence-electron chi connectivity index (χ2n) is 5.52. The predicted octanol–water partition coefficient (Wildman–Crippen LogP) is 1.73. The number of urea groups is 1. The van der Waals surface area contributed by atoms with Crippen LogP contribution in [0.2, 0.25) is 0 Å². The standard InChI is InChI=1S/C16H23N5O3/c1-11(15-19-17-10-21(15)3)18-16(22)20(2)9-12-6-7-13(23-4)14(8-12)24-5/h6-8,10-11H,9H2,1-5H3,(H,18,22)/t11-/m0/s1. The number of carbonyl (C=O) groups excluding carboxylic acids is 1. The number of nitrogens with zero attached hydrogens (tertiary/aromatic N) is 4. The van der Waals surface area contributed by atoms with Crippen LogP contribution in [0.4, 0.5) is 4.79 Å². The van der Waals surface area contributed by atoms with Gasteiger partial charge in [0.1, 0.15) is 6.33 Å². The van der Waals surface area contributed by atoms with Gasteiger partial charge in [-0.05, 0) is 24.6 Å². The number of carbonyl (C=O) groups is 1. The molecule has 1 aromatic heterocycles. The molecule has 0 fully saturated rings. The summed E-state index contributed by atoms with van der Waals surface area (Å²) in [4.78, 5) is 13.9. The third-order valence-corrected chi connectivity index (χ3v) is 3.69. The van der Waals surface area contributed by atoms with Crippen molar-refractivity contribution in [1.82, 2.24) is 25.0 Å². The molecule has 2 aromatic rings. The fourth-order valence-corrected chi connectivity index (χ4v) is 2.37. The van der Waals surface area contributed by atoms with Crippen molar-refractivity contribution in [2.24, 2.45) is 7.05 Å². The van der Waals surface area contributed by atoms with E-state index >= 15 is 0 Å². The Morgan fingerprint density at radius 1 is 1.33 bits per heavy atom. The Kier molecular flexibility index (Phi) is 5.62. The van der Waals surface area contributed by atoms with Gasteiger partial charge in [0.15, 0.2) is 17.3 Å². The maximum atomic E-state index is 12.3. The molecular weight excluding hydrogens is 310 g/mol. The van der Waals surface area contributed by atoms with Crippen LogP contribution in [0.5, 0.6) is 11.5 Å². The molecule has 8 heteroatoms. The first-order valence-corrected chi connectivity index (χ1v) is 7.52. The number of nitrogens with one attached hydrogen (secondary N) is 1. The molecule has 0 saturated carbocycles. The van der Waals surface area contributed by atoms with E-state index in [1.54, 1.807) is 37.1 Å². The molecule has 0 bridgehead atoms. The van der Waals surface area contributed by atoms with Crippen molar-refractivity contribution in [1.29, 1.82) is 0 Å². The van der Waals surface area contributed by atoms with Crippen LogP contribution in [0.15, 0.2) is 24.5 Å². The summed E-state index contributed by atoms with van der Waals surface area (Å²) in [5.41, 5.74) is 0.941. The van der Waals surface area contributed by atoms with Crippen molar-refractivity contribution in [3.63, 3.8) is 0 Å². The molecule has 0 radical (unpaired) electrons. The van der Waals surface area contributed by atoms with E-state index in [2.05, 4.69) is 15.5 Å². The van der Waals surface area contributed by atoms with Crippen molar-refractivity contribution in [2.45, 2.75) is 19.5 Å². The van der Waals surface area contributed by atoms with E-state index in [9.17, 15) is 4.79 Å². The number of hydrogen-bond acceptors (Lipinski definition) is 5. The second kappa shape index (κ2) is 7.67. The summed E-state index contributed by atoms with van der Waals surface area (Å²) >= 11 is 0. The van der Waals surface area contributed by atoms with E-state index < -0.39 is 0 Å². The lowest BCUT2D eigenvalue weighted by atomic mass is 10.2. The van der Waals surface area contributed by atoms with Gasteiger partial charge in [0, 0.05) is 20.6 Å². The van der Waals surface area contributed by atoms with Crippen molar-refractivity contribution in [3.8, 4) is 11.5 Å². The Balaban J connectivity index is 2.00. The van der Waals surface area contributed by atoms with Crippen LogP contribution >= 0.6 is 0 Å². The van der Waals surface area contributed by atoms with Crippen LogP contribution in [0, 0.1) is 0 Å². The highest BCUT2D eigenvalue weighted by molar-refractivity contribution is 5.74. The van der Waals surface area contributed by atoms with E-state index in [1.165, 1.54) is 0 Å². The number of aromatic nitrogens is 3. The highest BCUT2D eigenvalue weighted by Gasteiger charge is 2.17. The Hall–Kier alpha value is -2.77. The quantitative estimate of drug-likeness (QED) is 0.871. The van der Waals surface area contributed by atoms with Gasteiger partial charge >= 0.3 is 6.03 Å². The summed E-state index contributed by atoms with van der Waals surface area (Å²) in [7, 11) is 6.74. The molecule has 1 aromatic carbocycles. The first-order valence-electron chi connectivity index (χ1n) is 7.52. The van der Waals surface area contributed by atoms with Gasteiger partial charge in [0.2, 0.25) is 0 Å². The van der Waals surface area contributed by atoms with Crippen molar-refractivity contribution >= 4 is 6.03 Å². The van der Waals surface area contributed by atoms with Crippen molar-refractivity contribution < 1.29 is 14.3 Å². The van der Waals surface area contributed by atoms with Crippen LogP contribution in [-0.2, 0) is 13.6 Å². The summed E-state index contributed by atoms with van der Waals surface area (Å²) in [6.45, 7) is 2.31. The van der Waals surface area contributed by atoms with Crippen LogP contribution in [0.1, 0.15) is 24.4 Å². The molecular formula is C16H23N5O3. The minimum Gasteiger partial charge on any atom is -0.493 e. The zero-order valence-electron chi connectivity index (χ0n) is 14.6. The topological polar surface area (TPSA) is 81.5 Å². The van der Waals surface area contributed by atoms with Crippen LogP contribution in [-0.4, -0.2) is 47.0 Å². The Labute approximate surface area is 141 Å². The number of benzene rings is 1. The van der Waals surface area contributed by atoms with E-state index in [-0.39, 0.29) is 12.1 Å². The van der Waals surface area contributed by atoms with E-state index in [0.717, 1.165) is 5.56 Å². The molecule has 1 atom stereocenters. The van der Waals surface area contributed by atoms with E-state index in [0.29, 0.717) is 23.9 Å². The van der Waals surface area contributed by atoms with Crippen LogP contribution in [0.25, 0.3) is 0 Å². The van der Waals surface area contributed by atoms with Gasteiger partial charge in [0.05, 0.1) is 20.3 Å². The summed E-state index contributed by atoms with van der Waals surface area (Å²) in [5.74, 6) is 1.99. The highest BCUT2D eigenvalue weighted by atomic mass is 16.5. The minimum absolute atomic E-state index is 0.194. The normalized spacial score (nSPS) is 11.7. The molecule has 2 rings (SSSR count). The SMILES string of the molecule is COc1ccc(CN(C)C(=O)N[C@@H](C)c2nncn2C)cc1OC. The largest absolute Gasteiger partial charge is 0.493 e. The number of methoxy groups -OCH3 is 2. The maximum Gasteiger partial charge on any atom is 0.318 e. The van der Waals surface area contributed by atoms with E-state index in [1.807, 2.05) is 32.2 Å². The molecule has 0 saturated heterocycles. The molecule has 0 aliphatic carbocycles. The Morgan fingerprint density at radius 3 is 2.62 bits per heavy atom. The lowest BCUT2D eigenvalue weighted by molar-refractivity contribution is 0.203. The van der Waals surface area contributed by atoms with Gasteiger partial charge in [-0.25, -0.2) is 4.79 Å². The zero-order valence-corrected chi connectivity index (χ0v) is 14.6. The molecule has 0 spiro atoms. The number of hydrogen-bond donors (Lipinski definition) is 1. The smallest absolute Gasteiger partial charge is 0.318 e. The predicted molar refractivity (Wildman–Crippen MR) is 89.0 cm³/mol. The third-order valence-electron chi connectivity index (χ3n) is 3.69. The Morgan fingerprint density at radius 2 is 2.04 bits per heavy atom. The van der Waals surface area contributed by atoms with Gasteiger partial charge in [0.25, 0.3) is 0 Å². The van der Waals surface area contributed by atoms with Crippen LogP contribution in [0.3, 0.4) is 0 Å². The second-order valence-corrected chi connectivity index (χ2v) is 5.52. The molecule has 8 nitrogen and oxygen atoms in total. The number of ether oxygens (including phenoxy) is 2. The van der Waals surface area contributed by atoms with Gasteiger partial charge in [-0.2, -0.15) is 0 Å². The lowest BCUT2D eigenvalue weighted by Crippen LogP contribution is -2.38. The molecule has 0 unspecified atom stereocenters. The molecule has 0 aliphatic rings. The van der Waals surface area contributed by atoms with Crippen LogP contribution < -0.4 is 14.8 Å². The molecule has 2 amide bonds. The number of amides is 2. The highest BCUT2D eigenvalue weighted by Crippen LogP contribution is 2.27. The fourth-order valence-electron chi connectivity index (χ4n) is 2.37. The van der Waals surface area contributed by atoms with Gasteiger partial charge < -0.3 is 24.3 Å². The third kappa shape index (κ3) is 3.95. The van der Waals surface area contributed by atoms with Gasteiger partial charge in [-0.1, -0.05) is 6.07 Å². The number of aryl methyl sites for hydroxylation is 1. The van der Waals surface area contributed by atoms with E-state index in [4.69, 9.17) is 9.47 Å². The maximum absolute atomic E-state index is 12.3. The minimum atomic E-state index is -0.238. The molecule has 1 N–H and O–H groups in total. The molecule has 130 valence electrons. The first kappa shape index (κ1) is 17.6. The Bertz CT molecular complexity index is 701. The molecule has 24 heavy (non-hydrogen) atoms. The average Bonchev–Trinajstić information content (AvgIpc) is 3.00. The van der Waals surface area contributed by atoms with Gasteiger partial charge in [-0.15, -0.1) is 10.2 Å². The summed E-state index contributed by atoms with van der Waals surface area (Å²) in [6, 6.07) is 5.15. The average molecular weight is 333 g/mol. The molecule has 0 aliphatic heterocycles. The summed E-state index contributed by atoms with van der Waals surface area (Å²) < 4.78 is 12.3. The first-order chi connectivity index (χ1) is 11.5. The summed E-state index contributed by atoms with van der Waals surface area (Å²) in [6.07, 6.45) is 1.60. The van der Waals surface area contributed by atoms with Crippen molar-refractivity contribution in [2.75, 3.05) is 21.3 Å². The molecule has 1 heterocycles.